The van der Waals surface area contributed by atoms with Crippen molar-refractivity contribution in [2.75, 3.05) is 18.3 Å². The number of amides is 1. The van der Waals surface area contributed by atoms with Gasteiger partial charge in [0.15, 0.2) is 15.9 Å². The van der Waals surface area contributed by atoms with E-state index in [1.54, 1.807) is 53.4 Å². The first kappa shape index (κ1) is 18.2. The second-order valence-corrected chi connectivity index (χ2v) is 9.12. The number of para-hydroxylation sites is 2. The van der Waals surface area contributed by atoms with Crippen LogP contribution in [0.3, 0.4) is 0 Å². The molecule has 1 fully saturated rings. The number of sulfone groups is 1. The van der Waals surface area contributed by atoms with Gasteiger partial charge in [0, 0.05) is 24.8 Å². The van der Waals surface area contributed by atoms with Crippen LogP contribution in [-0.2, 0) is 24.9 Å². The second-order valence-electron chi connectivity index (χ2n) is 6.66. The molecule has 4 rings (SSSR count). The number of β-lactam (4-membered cyclic amide) rings is 1. The number of anilines is 1. The normalized spacial score (nSPS) is 24.4. The third-order valence-electron chi connectivity index (χ3n) is 5.07. The molecule has 1 amide bonds. The molecule has 2 heterocycles. The number of benzene rings is 2. The van der Waals surface area contributed by atoms with Crippen molar-refractivity contribution in [1.82, 2.24) is 0 Å². The topological polar surface area (TPSA) is 76.0 Å². The summed E-state index contributed by atoms with van der Waals surface area (Å²) in [5.41, 5.74) is 0.734. The lowest BCUT2D eigenvalue weighted by molar-refractivity contribution is -0.147. The lowest BCUT2D eigenvalue weighted by Crippen LogP contribution is -2.73. The molecule has 27 heavy (non-hydrogen) atoms. The number of fused-ring (bicyclic) bond motifs is 3. The van der Waals surface area contributed by atoms with Crippen molar-refractivity contribution in [3.8, 4) is 0 Å². The quantitative estimate of drug-likeness (QED) is 0.721. The molecule has 0 radical (unpaired) electrons. The van der Waals surface area contributed by atoms with Crippen LogP contribution in [0.1, 0.15) is 12.0 Å². The molecule has 0 aromatic heterocycles. The average molecular weight is 405 g/mol. The summed E-state index contributed by atoms with van der Waals surface area (Å²) in [4.78, 5) is 18.9. The zero-order valence-corrected chi connectivity index (χ0v) is 16.3. The Morgan fingerprint density at radius 2 is 1.85 bits per heavy atom. The van der Waals surface area contributed by atoms with Gasteiger partial charge >= 0.3 is 0 Å². The molecule has 8 heteroatoms. The number of halogens is 1. The first-order valence-electron chi connectivity index (χ1n) is 8.28. The van der Waals surface area contributed by atoms with E-state index in [1.165, 1.54) is 7.11 Å². The molecular formula is C19H17ClN2O4S. The van der Waals surface area contributed by atoms with Crippen molar-refractivity contribution in [3.63, 3.8) is 0 Å². The van der Waals surface area contributed by atoms with Gasteiger partial charge in [0.2, 0.25) is 0 Å². The van der Waals surface area contributed by atoms with E-state index < -0.39 is 21.5 Å². The van der Waals surface area contributed by atoms with Crippen molar-refractivity contribution in [2.45, 2.75) is 18.1 Å². The molecule has 0 N–H and O–H groups in total. The van der Waals surface area contributed by atoms with Gasteiger partial charge in [-0.05, 0) is 29.8 Å². The van der Waals surface area contributed by atoms with E-state index in [0.29, 0.717) is 16.4 Å². The lowest BCUT2D eigenvalue weighted by Gasteiger charge is -2.56. The lowest BCUT2D eigenvalue weighted by atomic mass is 9.72. The Balaban J connectivity index is 2.02. The van der Waals surface area contributed by atoms with Gasteiger partial charge in [-0.3, -0.25) is 9.69 Å². The Hall–Kier alpha value is -2.22. The summed E-state index contributed by atoms with van der Waals surface area (Å²) in [7, 11) is -2.14. The summed E-state index contributed by atoms with van der Waals surface area (Å²) >= 11 is 6.03. The van der Waals surface area contributed by atoms with Crippen molar-refractivity contribution in [2.24, 2.45) is 4.99 Å². The van der Waals surface area contributed by atoms with Crippen molar-refractivity contribution >= 4 is 43.8 Å². The monoisotopic (exact) mass is 404 g/mol. The summed E-state index contributed by atoms with van der Waals surface area (Å²) in [5, 5.41) is 0.564. The van der Waals surface area contributed by atoms with Crippen molar-refractivity contribution in [1.29, 1.82) is 0 Å². The summed E-state index contributed by atoms with van der Waals surface area (Å²) < 4.78 is 30.4. The minimum Gasteiger partial charge on any atom is -0.369 e. The van der Waals surface area contributed by atoms with Gasteiger partial charge in [0.1, 0.15) is 10.6 Å². The SMILES string of the molecule is COC1C(=O)N2c3ccccc3N=C(S(C)(=O)=O)CC12c1ccc(Cl)cc1. The summed E-state index contributed by atoms with van der Waals surface area (Å²) in [6, 6.07) is 14.0. The van der Waals surface area contributed by atoms with Crippen LogP contribution in [-0.4, -0.2) is 38.8 Å². The highest BCUT2D eigenvalue weighted by atomic mass is 35.5. The molecule has 140 valence electrons. The Morgan fingerprint density at radius 3 is 2.48 bits per heavy atom. The smallest absolute Gasteiger partial charge is 0.259 e. The molecule has 2 aliphatic heterocycles. The highest BCUT2D eigenvalue weighted by Crippen LogP contribution is 2.53. The molecular weight excluding hydrogens is 388 g/mol. The van der Waals surface area contributed by atoms with Crippen LogP contribution in [0.4, 0.5) is 11.4 Å². The fourth-order valence-corrected chi connectivity index (χ4v) is 4.73. The molecule has 2 atom stereocenters. The average Bonchev–Trinajstić information content (AvgIpc) is 2.75. The zero-order chi connectivity index (χ0) is 19.4. The van der Waals surface area contributed by atoms with E-state index >= 15 is 0 Å². The number of carbonyl (C=O) groups is 1. The van der Waals surface area contributed by atoms with Crippen LogP contribution < -0.4 is 4.90 Å². The highest BCUT2D eigenvalue weighted by Gasteiger charge is 2.64. The molecule has 2 unspecified atom stereocenters. The maximum Gasteiger partial charge on any atom is 0.259 e. The van der Waals surface area contributed by atoms with E-state index in [9.17, 15) is 13.2 Å². The van der Waals surface area contributed by atoms with E-state index in [0.717, 1.165) is 11.8 Å². The van der Waals surface area contributed by atoms with E-state index in [4.69, 9.17) is 16.3 Å². The third kappa shape index (κ3) is 2.61. The fraction of sp³-hybridized carbons (Fsp3) is 0.263. The number of carbonyl (C=O) groups excluding carboxylic acids is 1. The van der Waals surface area contributed by atoms with Crippen LogP contribution in [0.15, 0.2) is 53.5 Å². The predicted octanol–water partition coefficient (Wildman–Crippen LogP) is 3.08. The number of hydrogen-bond acceptors (Lipinski definition) is 5. The molecule has 0 saturated carbocycles. The minimum atomic E-state index is -3.59. The van der Waals surface area contributed by atoms with Crippen molar-refractivity contribution < 1.29 is 17.9 Å². The third-order valence-corrected chi connectivity index (χ3v) is 6.42. The summed E-state index contributed by atoms with van der Waals surface area (Å²) in [5.74, 6) is -0.232. The van der Waals surface area contributed by atoms with Crippen LogP contribution in [0.5, 0.6) is 0 Å². The molecule has 1 saturated heterocycles. The van der Waals surface area contributed by atoms with Crippen LogP contribution >= 0.6 is 11.6 Å². The second kappa shape index (κ2) is 6.15. The zero-order valence-electron chi connectivity index (χ0n) is 14.7. The number of nitrogens with zero attached hydrogens (tertiary/aromatic N) is 2. The molecule has 2 aromatic rings. The van der Waals surface area contributed by atoms with Gasteiger partial charge in [0.05, 0.1) is 11.4 Å². The summed E-state index contributed by atoms with van der Waals surface area (Å²) in [6.45, 7) is 0. The Morgan fingerprint density at radius 1 is 1.19 bits per heavy atom. The van der Waals surface area contributed by atoms with Gasteiger partial charge in [0.25, 0.3) is 5.91 Å². The van der Waals surface area contributed by atoms with Gasteiger partial charge in [-0.15, -0.1) is 0 Å². The Bertz CT molecular complexity index is 1070. The number of rotatable bonds is 2. The fourth-order valence-electron chi connectivity index (χ4n) is 3.86. The number of hydrogen-bond donors (Lipinski definition) is 0. The standard InChI is InChI=1S/C19H17ClN2O4S/c1-26-17-18(23)22-15-6-4-3-5-14(15)21-16(27(2,24)25)11-19(17,22)12-7-9-13(20)10-8-12/h3-10,17H,11H2,1-2H3. The van der Waals surface area contributed by atoms with Gasteiger partial charge in [-0.2, -0.15) is 0 Å². The van der Waals surface area contributed by atoms with Crippen LogP contribution in [0.25, 0.3) is 0 Å². The van der Waals surface area contributed by atoms with E-state index in [1.807, 2.05) is 0 Å². The maximum atomic E-state index is 12.9. The number of aliphatic imine (C=N–C) groups is 1. The first-order chi connectivity index (χ1) is 12.8. The first-order valence-corrected chi connectivity index (χ1v) is 10.6. The Labute approximate surface area is 162 Å². The Kier molecular flexibility index (Phi) is 4.14. The number of methoxy groups -OCH3 is 1. The van der Waals surface area contributed by atoms with Crippen molar-refractivity contribution in [3.05, 3.63) is 59.1 Å². The highest BCUT2D eigenvalue weighted by molar-refractivity contribution is 8.05. The molecule has 6 nitrogen and oxygen atoms in total. The van der Waals surface area contributed by atoms with Crippen LogP contribution in [0, 0.1) is 0 Å². The molecule has 2 aromatic carbocycles. The molecule has 0 spiro atoms. The van der Waals surface area contributed by atoms with Crippen LogP contribution in [0.2, 0.25) is 5.02 Å². The van der Waals surface area contributed by atoms with E-state index in [-0.39, 0.29) is 17.4 Å². The maximum absolute atomic E-state index is 12.9. The largest absolute Gasteiger partial charge is 0.369 e. The molecule has 0 bridgehead atoms. The number of ether oxygens (including phenoxy) is 1. The predicted molar refractivity (Wildman–Crippen MR) is 104 cm³/mol. The van der Waals surface area contributed by atoms with Gasteiger partial charge < -0.3 is 4.74 Å². The molecule has 0 aliphatic carbocycles. The summed E-state index contributed by atoms with van der Waals surface area (Å²) in [6.07, 6.45) is 0.325. The van der Waals surface area contributed by atoms with Gasteiger partial charge in [-0.25, -0.2) is 13.4 Å². The van der Waals surface area contributed by atoms with Gasteiger partial charge in [-0.1, -0.05) is 35.9 Å². The van der Waals surface area contributed by atoms with E-state index in [2.05, 4.69) is 4.99 Å². The minimum absolute atomic E-state index is 0.0157. The molecule has 2 aliphatic rings.